The molecule has 84 valence electrons. The third-order valence-electron chi connectivity index (χ3n) is 2.26. The van der Waals surface area contributed by atoms with Crippen LogP contribution in [0.5, 0.6) is 0 Å². The Hall–Kier alpha value is -0.870. The maximum Gasteiger partial charge on any atom is 0.123 e. The number of rotatable bonds is 3. The molecule has 0 fully saturated rings. The number of hydrogen-bond acceptors (Lipinski definition) is 4. The molecule has 0 aliphatic carbocycles. The van der Waals surface area contributed by atoms with E-state index in [4.69, 9.17) is 0 Å². The van der Waals surface area contributed by atoms with E-state index in [2.05, 4.69) is 42.2 Å². The highest BCUT2D eigenvalue weighted by atomic mass is 32.2. The normalized spacial score (nSPS) is 11.0. The largest absolute Gasteiger partial charge is 0.257 e. The predicted molar refractivity (Wildman–Crippen MR) is 69.3 cm³/mol. The lowest BCUT2D eigenvalue weighted by molar-refractivity contribution is 0.769. The summed E-state index contributed by atoms with van der Waals surface area (Å²) in [4.78, 5) is 11.5. The van der Waals surface area contributed by atoms with Crippen molar-refractivity contribution in [2.45, 2.75) is 36.6 Å². The molecule has 16 heavy (non-hydrogen) atoms. The summed E-state index contributed by atoms with van der Waals surface area (Å²) in [5.41, 5.74) is 1.08. The Labute approximate surface area is 104 Å². The highest BCUT2D eigenvalue weighted by molar-refractivity contribution is 7.99. The Balaban J connectivity index is 2.31. The van der Waals surface area contributed by atoms with Gasteiger partial charge in [0.25, 0.3) is 0 Å². The van der Waals surface area contributed by atoms with Gasteiger partial charge in [-0.3, -0.25) is 4.98 Å². The molecule has 2 heterocycles. The van der Waals surface area contributed by atoms with Gasteiger partial charge in [-0.05, 0) is 24.3 Å². The van der Waals surface area contributed by atoms with Crippen LogP contribution in [0, 0.1) is 6.92 Å². The van der Waals surface area contributed by atoms with Crippen LogP contribution in [0.2, 0.25) is 0 Å². The minimum absolute atomic E-state index is 0.412. The number of hydrogen-bond donors (Lipinski definition) is 0. The van der Waals surface area contributed by atoms with Gasteiger partial charge in [0.05, 0.1) is 5.69 Å². The maximum atomic E-state index is 4.42. The Bertz CT molecular complexity index is 477. The minimum Gasteiger partial charge on any atom is -0.257 e. The van der Waals surface area contributed by atoms with Crippen LogP contribution >= 0.6 is 23.1 Å². The smallest absolute Gasteiger partial charge is 0.123 e. The van der Waals surface area contributed by atoms with E-state index in [1.165, 1.54) is 9.77 Å². The molecule has 0 saturated heterocycles. The molecule has 0 radical (unpaired) electrons. The summed E-state index contributed by atoms with van der Waals surface area (Å²) >= 11 is 3.48. The Morgan fingerprint density at radius 1 is 1.25 bits per heavy atom. The molecule has 2 rings (SSSR count). The van der Waals surface area contributed by atoms with Crippen LogP contribution in [0.1, 0.15) is 30.3 Å². The molecular weight excluding hydrogens is 236 g/mol. The molecular formula is C12H14N2S2. The first-order chi connectivity index (χ1) is 7.68. The van der Waals surface area contributed by atoms with Gasteiger partial charge in [-0.25, -0.2) is 4.98 Å². The van der Waals surface area contributed by atoms with Crippen molar-refractivity contribution in [2.24, 2.45) is 0 Å². The average Bonchev–Trinajstić information content (AvgIpc) is 2.65. The maximum absolute atomic E-state index is 4.42. The van der Waals surface area contributed by atoms with E-state index in [9.17, 15) is 0 Å². The fraction of sp³-hybridized carbons (Fsp3) is 0.333. The van der Waals surface area contributed by atoms with Crippen LogP contribution in [-0.2, 0) is 0 Å². The third kappa shape index (κ3) is 2.44. The van der Waals surface area contributed by atoms with Crippen LogP contribution in [0.15, 0.2) is 33.8 Å². The lowest BCUT2D eigenvalue weighted by atomic mass is 10.1. The summed E-state index contributed by atoms with van der Waals surface area (Å²) in [5.74, 6) is 0.412. The van der Waals surface area contributed by atoms with Crippen molar-refractivity contribution >= 4 is 23.1 Å². The van der Waals surface area contributed by atoms with E-state index in [0.29, 0.717) is 5.92 Å². The summed E-state index contributed by atoms with van der Waals surface area (Å²) in [5, 5.41) is 3.14. The molecule has 2 aromatic heterocycles. The molecule has 4 heteroatoms. The Kier molecular flexibility index (Phi) is 3.61. The molecule has 0 aromatic carbocycles. The quantitative estimate of drug-likeness (QED) is 0.819. The van der Waals surface area contributed by atoms with Gasteiger partial charge in [-0.1, -0.05) is 25.6 Å². The van der Waals surface area contributed by atoms with Gasteiger partial charge in [0.1, 0.15) is 5.03 Å². The Morgan fingerprint density at radius 2 is 2.00 bits per heavy atom. The van der Waals surface area contributed by atoms with Crippen molar-refractivity contribution < 1.29 is 0 Å². The van der Waals surface area contributed by atoms with E-state index in [1.807, 2.05) is 0 Å². The standard InChI is InChI=1S/C12H14N2S2/c1-8(2)11-12(14-6-5-13-11)16-10-4-7-15-9(10)3/h4-8H,1-3H3. The number of nitrogens with zero attached hydrogens (tertiary/aromatic N) is 2. The third-order valence-corrected chi connectivity index (χ3v) is 4.40. The second-order valence-corrected chi connectivity index (χ2v) is 6.00. The van der Waals surface area contributed by atoms with Crippen LogP contribution < -0.4 is 0 Å². The minimum atomic E-state index is 0.412. The van der Waals surface area contributed by atoms with Gasteiger partial charge in [0, 0.05) is 22.2 Å². The molecule has 0 atom stereocenters. The number of thiophene rings is 1. The highest BCUT2D eigenvalue weighted by Gasteiger charge is 2.11. The first-order valence-electron chi connectivity index (χ1n) is 5.21. The molecule has 0 aliphatic heterocycles. The monoisotopic (exact) mass is 250 g/mol. The zero-order valence-electron chi connectivity index (χ0n) is 9.60. The van der Waals surface area contributed by atoms with Crippen LogP contribution in [-0.4, -0.2) is 9.97 Å². The van der Waals surface area contributed by atoms with Crippen LogP contribution in [0.4, 0.5) is 0 Å². The van der Waals surface area contributed by atoms with Gasteiger partial charge in [0.15, 0.2) is 0 Å². The van der Waals surface area contributed by atoms with Gasteiger partial charge >= 0.3 is 0 Å². The topological polar surface area (TPSA) is 25.8 Å². The molecule has 0 aliphatic rings. The zero-order chi connectivity index (χ0) is 11.5. The van der Waals surface area contributed by atoms with Crippen LogP contribution in [0.3, 0.4) is 0 Å². The van der Waals surface area contributed by atoms with Gasteiger partial charge in [-0.15, -0.1) is 11.3 Å². The number of aromatic nitrogens is 2. The van der Waals surface area contributed by atoms with Crippen molar-refractivity contribution in [1.82, 2.24) is 9.97 Å². The second kappa shape index (κ2) is 4.97. The summed E-state index contributed by atoms with van der Waals surface area (Å²) in [6.45, 7) is 6.43. The van der Waals surface area contributed by atoms with Gasteiger partial charge in [-0.2, -0.15) is 0 Å². The predicted octanol–water partition coefficient (Wildman–Crippen LogP) is 4.12. The summed E-state index contributed by atoms with van der Waals surface area (Å²) in [7, 11) is 0. The first kappa shape index (κ1) is 11.6. The molecule has 0 spiro atoms. The lowest BCUT2D eigenvalue weighted by Gasteiger charge is -2.08. The lowest BCUT2D eigenvalue weighted by Crippen LogP contribution is -1.97. The molecule has 2 nitrogen and oxygen atoms in total. The van der Waals surface area contributed by atoms with E-state index >= 15 is 0 Å². The van der Waals surface area contributed by atoms with Crippen LogP contribution in [0.25, 0.3) is 0 Å². The van der Waals surface area contributed by atoms with Crippen molar-refractivity contribution in [3.63, 3.8) is 0 Å². The fourth-order valence-electron chi connectivity index (χ4n) is 1.39. The van der Waals surface area contributed by atoms with E-state index in [1.54, 1.807) is 35.5 Å². The highest BCUT2D eigenvalue weighted by Crippen LogP contribution is 2.34. The molecule has 0 N–H and O–H groups in total. The zero-order valence-corrected chi connectivity index (χ0v) is 11.2. The van der Waals surface area contributed by atoms with Crippen molar-refractivity contribution in [1.29, 1.82) is 0 Å². The van der Waals surface area contributed by atoms with E-state index in [0.717, 1.165) is 10.7 Å². The fourth-order valence-corrected chi connectivity index (χ4v) is 3.34. The van der Waals surface area contributed by atoms with Crippen molar-refractivity contribution in [3.05, 3.63) is 34.4 Å². The first-order valence-corrected chi connectivity index (χ1v) is 6.91. The SMILES string of the molecule is Cc1sccc1Sc1nccnc1C(C)C. The molecule has 0 amide bonds. The molecule has 2 aromatic rings. The summed E-state index contributed by atoms with van der Waals surface area (Å²) in [6, 6.07) is 2.14. The van der Waals surface area contributed by atoms with Crippen molar-refractivity contribution in [3.8, 4) is 0 Å². The second-order valence-electron chi connectivity index (χ2n) is 3.84. The molecule has 0 saturated carbocycles. The molecule has 0 unspecified atom stereocenters. The van der Waals surface area contributed by atoms with Gasteiger partial charge in [0.2, 0.25) is 0 Å². The van der Waals surface area contributed by atoms with Crippen molar-refractivity contribution in [2.75, 3.05) is 0 Å². The van der Waals surface area contributed by atoms with Gasteiger partial charge < -0.3 is 0 Å². The van der Waals surface area contributed by atoms with E-state index in [-0.39, 0.29) is 0 Å². The van der Waals surface area contributed by atoms with E-state index < -0.39 is 0 Å². The summed E-state index contributed by atoms with van der Waals surface area (Å²) < 4.78 is 0. The Morgan fingerprint density at radius 3 is 2.62 bits per heavy atom. The summed E-state index contributed by atoms with van der Waals surface area (Å²) in [6.07, 6.45) is 3.52. The molecule has 0 bridgehead atoms. The number of aryl methyl sites for hydroxylation is 1. The average molecular weight is 250 g/mol.